The lowest BCUT2D eigenvalue weighted by molar-refractivity contribution is 0.0681. The molecule has 110 valence electrons. The van der Waals surface area contributed by atoms with Crippen LogP contribution in [0, 0.1) is 0 Å². The van der Waals surface area contributed by atoms with E-state index >= 15 is 0 Å². The van der Waals surface area contributed by atoms with Gasteiger partial charge >= 0.3 is 5.97 Å². The number of hydrogen-bond acceptors (Lipinski definition) is 3. The molecule has 1 fully saturated rings. The predicted octanol–water partition coefficient (Wildman–Crippen LogP) is 2.26. The number of carbonyl (C=O) groups excluding carboxylic acids is 1. The minimum absolute atomic E-state index is 0.100. The summed E-state index contributed by atoms with van der Waals surface area (Å²) in [4.78, 5) is 25.1. The van der Waals surface area contributed by atoms with Crippen LogP contribution >= 0.6 is 0 Å². The molecule has 1 aliphatic rings. The second-order valence-electron chi connectivity index (χ2n) is 5.57. The van der Waals surface area contributed by atoms with Gasteiger partial charge in [-0.3, -0.25) is 9.69 Å². The van der Waals surface area contributed by atoms with Crippen LogP contribution in [0.2, 0.25) is 0 Å². The molecule has 1 aliphatic heterocycles. The van der Waals surface area contributed by atoms with Gasteiger partial charge in [-0.15, -0.1) is 0 Å². The number of nitrogens with zero attached hydrogens (tertiary/aromatic N) is 2. The third-order valence-corrected chi connectivity index (χ3v) is 4.00. The molecule has 20 heavy (non-hydrogen) atoms. The van der Waals surface area contributed by atoms with E-state index in [-0.39, 0.29) is 17.5 Å². The fraction of sp³-hybridized carbons (Fsp3) is 0.600. The van der Waals surface area contributed by atoms with Gasteiger partial charge in [-0.25, -0.2) is 4.79 Å². The second-order valence-corrected chi connectivity index (χ2v) is 5.57. The zero-order valence-corrected chi connectivity index (χ0v) is 12.1. The fourth-order valence-corrected chi connectivity index (χ4v) is 2.79. The molecule has 1 saturated heterocycles. The smallest absolute Gasteiger partial charge is 0.352 e. The maximum atomic E-state index is 11.4. The quantitative estimate of drug-likeness (QED) is 0.839. The summed E-state index contributed by atoms with van der Waals surface area (Å²) in [5.41, 5.74) is 0.660. The summed E-state index contributed by atoms with van der Waals surface area (Å²) < 4.78 is 1.69. The number of piperidine rings is 1. The Bertz CT molecular complexity index is 501. The van der Waals surface area contributed by atoms with Crippen molar-refractivity contribution in [3.63, 3.8) is 0 Å². The van der Waals surface area contributed by atoms with Crippen LogP contribution < -0.4 is 0 Å². The molecule has 1 aromatic rings. The van der Waals surface area contributed by atoms with Crippen molar-refractivity contribution in [3.8, 4) is 0 Å². The van der Waals surface area contributed by atoms with Crippen LogP contribution in [0.15, 0.2) is 12.3 Å². The maximum Gasteiger partial charge on any atom is 0.352 e. The van der Waals surface area contributed by atoms with Crippen LogP contribution in [0.3, 0.4) is 0 Å². The Morgan fingerprint density at radius 2 is 1.95 bits per heavy atom. The molecule has 0 radical (unpaired) electrons. The normalized spacial score (nSPS) is 17.9. The van der Waals surface area contributed by atoms with Gasteiger partial charge in [0.2, 0.25) is 0 Å². The summed E-state index contributed by atoms with van der Waals surface area (Å²) in [5, 5.41) is 9.24. The third kappa shape index (κ3) is 3.28. The minimum Gasteiger partial charge on any atom is -0.477 e. The number of carbonyl (C=O) groups is 2. The van der Waals surface area contributed by atoms with Crippen molar-refractivity contribution in [3.05, 3.63) is 23.5 Å². The van der Waals surface area contributed by atoms with E-state index in [4.69, 9.17) is 0 Å². The van der Waals surface area contributed by atoms with E-state index < -0.39 is 5.97 Å². The first kappa shape index (κ1) is 14.8. The topological polar surface area (TPSA) is 62.5 Å². The fourth-order valence-electron chi connectivity index (χ4n) is 2.79. The Balaban J connectivity index is 2.14. The van der Waals surface area contributed by atoms with E-state index in [9.17, 15) is 14.7 Å². The van der Waals surface area contributed by atoms with Crippen molar-refractivity contribution < 1.29 is 14.7 Å². The van der Waals surface area contributed by atoms with Gasteiger partial charge in [-0.2, -0.15) is 0 Å². The summed E-state index contributed by atoms with van der Waals surface area (Å²) in [6.07, 6.45) is 5.36. The van der Waals surface area contributed by atoms with Crippen LogP contribution in [-0.2, 0) is 6.54 Å². The Labute approximate surface area is 119 Å². The van der Waals surface area contributed by atoms with Crippen molar-refractivity contribution >= 4 is 11.8 Å². The summed E-state index contributed by atoms with van der Waals surface area (Å²) in [6, 6.07) is 1.74. The van der Waals surface area contributed by atoms with Gasteiger partial charge in [0, 0.05) is 24.3 Å². The van der Waals surface area contributed by atoms with Gasteiger partial charge in [0.15, 0.2) is 5.78 Å². The van der Waals surface area contributed by atoms with Crippen molar-refractivity contribution in [2.75, 3.05) is 13.1 Å². The standard InChI is InChI=1S/C15H22N2O3/c1-11(16-6-4-3-5-7-16)9-17-10-13(12(2)18)8-14(17)15(19)20/h8,10-11H,3-7,9H2,1-2H3,(H,19,20). The highest BCUT2D eigenvalue weighted by Crippen LogP contribution is 2.16. The summed E-state index contributed by atoms with van der Waals surface area (Å²) in [7, 11) is 0. The molecular weight excluding hydrogens is 256 g/mol. The largest absolute Gasteiger partial charge is 0.477 e. The Hall–Kier alpha value is -1.62. The van der Waals surface area contributed by atoms with Gasteiger partial charge in [0.05, 0.1) is 0 Å². The van der Waals surface area contributed by atoms with Crippen LogP contribution in [0.5, 0.6) is 0 Å². The number of aromatic nitrogens is 1. The van der Waals surface area contributed by atoms with Gasteiger partial charge in [0.1, 0.15) is 5.69 Å². The van der Waals surface area contributed by atoms with E-state index in [1.54, 1.807) is 10.8 Å². The molecule has 1 unspecified atom stereocenters. The molecule has 0 aromatic carbocycles. The third-order valence-electron chi connectivity index (χ3n) is 4.00. The van der Waals surface area contributed by atoms with Crippen LogP contribution in [-0.4, -0.2) is 45.5 Å². The number of likely N-dealkylation sites (tertiary alicyclic amines) is 1. The highest BCUT2D eigenvalue weighted by Gasteiger charge is 2.20. The Morgan fingerprint density at radius 3 is 2.50 bits per heavy atom. The first-order valence-corrected chi connectivity index (χ1v) is 7.17. The number of carboxylic acids is 1. The predicted molar refractivity (Wildman–Crippen MR) is 76.3 cm³/mol. The lowest BCUT2D eigenvalue weighted by Gasteiger charge is -2.32. The van der Waals surface area contributed by atoms with E-state index in [1.165, 1.54) is 32.3 Å². The second kappa shape index (κ2) is 6.22. The molecule has 0 bridgehead atoms. The molecule has 0 spiro atoms. The lowest BCUT2D eigenvalue weighted by Crippen LogP contribution is -2.40. The Kier molecular flexibility index (Phi) is 4.60. The first-order valence-electron chi connectivity index (χ1n) is 7.17. The zero-order valence-electron chi connectivity index (χ0n) is 12.1. The van der Waals surface area contributed by atoms with Crippen molar-refractivity contribution in [2.24, 2.45) is 0 Å². The summed E-state index contributed by atoms with van der Waals surface area (Å²) in [6.45, 7) is 6.33. The van der Waals surface area contributed by atoms with E-state index in [1.807, 2.05) is 0 Å². The van der Waals surface area contributed by atoms with Gasteiger partial charge in [-0.05, 0) is 45.8 Å². The lowest BCUT2D eigenvalue weighted by atomic mass is 10.1. The highest BCUT2D eigenvalue weighted by atomic mass is 16.4. The van der Waals surface area contributed by atoms with Crippen LogP contribution in [0.4, 0.5) is 0 Å². The number of carboxylic acid groups (broad SMARTS) is 1. The number of ketones is 1. The number of rotatable bonds is 5. The van der Waals surface area contributed by atoms with Gasteiger partial charge in [-0.1, -0.05) is 6.42 Å². The molecule has 1 N–H and O–H groups in total. The number of hydrogen-bond donors (Lipinski definition) is 1. The molecule has 5 heteroatoms. The zero-order chi connectivity index (χ0) is 14.7. The number of Topliss-reactive ketones (excluding diaryl/α,β-unsaturated/α-hetero) is 1. The number of aromatic carboxylic acids is 1. The summed E-state index contributed by atoms with van der Waals surface area (Å²) >= 11 is 0. The first-order chi connectivity index (χ1) is 9.49. The van der Waals surface area contributed by atoms with Gasteiger partial charge < -0.3 is 9.67 Å². The molecule has 0 saturated carbocycles. The SMILES string of the molecule is CC(=O)c1cc(C(=O)O)n(CC(C)N2CCCCC2)c1. The molecule has 2 rings (SSSR count). The molecule has 5 nitrogen and oxygen atoms in total. The minimum atomic E-state index is -0.983. The highest BCUT2D eigenvalue weighted by molar-refractivity contribution is 5.97. The monoisotopic (exact) mass is 278 g/mol. The van der Waals surface area contributed by atoms with Gasteiger partial charge in [0.25, 0.3) is 0 Å². The van der Waals surface area contributed by atoms with E-state index in [2.05, 4.69) is 11.8 Å². The van der Waals surface area contributed by atoms with Crippen molar-refractivity contribution in [1.82, 2.24) is 9.47 Å². The van der Waals surface area contributed by atoms with Crippen LogP contribution in [0.1, 0.15) is 54.0 Å². The molecule has 0 aliphatic carbocycles. The molecule has 1 aromatic heterocycles. The average Bonchev–Trinajstić information content (AvgIpc) is 2.84. The molecule has 0 amide bonds. The molecule has 1 atom stereocenters. The maximum absolute atomic E-state index is 11.4. The van der Waals surface area contributed by atoms with Crippen LogP contribution in [0.25, 0.3) is 0 Å². The molecule has 2 heterocycles. The summed E-state index contributed by atoms with van der Waals surface area (Å²) in [5.74, 6) is -1.08. The van der Waals surface area contributed by atoms with E-state index in [0.717, 1.165) is 13.1 Å². The van der Waals surface area contributed by atoms with Crippen molar-refractivity contribution in [1.29, 1.82) is 0 Å². The molecular formula is C15H22N2O3. The Morgan fingerprint density at radius 1 is 1.30 bits per heavy atom. The average molecular weight is 278 g/mol. The van der Waals surface area contributed by atoms with E-state index in [0.29, 0.717) is 12.1 Å². The van der Waals surface area contributed by atoms with Crippen molar-refractivity contribution in [2.45, 2.75) is 45.7 Å².